The van der Waals surface area contributed by atoms with E-state index in [4.69, 9.17) is 19.4 Å². The van der Waals surface area contributed by atoms with Crippen molar-refractivity contribution in [1.82, 2.24) is 28.7 Å². The van der Waals surface area contributed by atoms with Crippen LogP contribution in [0.25, 0.3) is 139 Å². The molecule has 5 aromatic heterocycles. The molecule has 334 valence electrons. The number of benzene rings is 10. The summed E-state index contributed by atoms with van der Waals surface area (Å²) in [4.78, 5) is 15.5. The zero-order valence-electron chi connectivity index (χ0n) is 38.4. The molecule has 0 aliphatic carbocycles. The van der Waals surface area contributed by atoms with Crippen molar-refractivity contribution in [2.45, 2.75) is 0 Å². The maximum atomic E-state index is 11.8. The van der Waals surface area contributed by atoms with Crippen molar-refractivity contribution in [3.8, 4) is 57.3 Å². The fraction of sp³-hybridized carbons (Fsp3) is 0. The van der Waals surface area contributed by atoms with Gasteiger partial charge in [-0.3, -0.25) is 0 Å². The third-order valence-electron chi connectivity index (χ3n) is 14.3. The molecule has 10 aromatic carbocycles. The first kappa shape index (κ1) is 39.9. The maximum absolute atomic E-state index is 11.8. The SMILES string of the molecule is N#Cc1cc(-c2nc(-c3ccccc3)nc(-c3ccccc3)n2)c2c(oc3ccccc32)c1-n1c2ccccc2c2c1c(-n1c3ccccc3c3ccccc31)cc1c3ccccc3n(-c3ccccc3)c12. The molecule has 0 aliphatic rings. The molecule has 0 unspecified atom stereocenters. The normalized spacial score (nSPS) is 11.9. The molecule has 0 bridgehead atoms. The topological polar surface area (TPSA) is 90.4 Å². The van der Waals surface area contributed by atoms with Crippen molar-refractivity contribution in [3.63, 3.8) is 0 Å². The van der Waals surface area contributed by atoms with E-state index in [0.717, 1.165) is 98.7 Å². The molecule has 15 aromatic rings. The van der Waals surface area contributed by atoms with E-state index in [1.54, 1.807) is 0 Å². The molecular weight excluding hydrogens is 883 g/mol. The summed E-state index contributed by atoms with van der Waals surface area (Å²) in [6, 6.07) is 80.2. The lowest BCUT2D eigenvalue weighted by molar-refractivity contribution is 0.666. The highest BCUT2D eigenvalue weighted by Gasteiger charge is 2.30. The Morgan fingerprint density at radius 1 is 0.389 bits per heavy atom. The number of hydrogen-bond donors (Lipinski definition) is 0. The molecule has 8 nitrogen and oxygen atoms in total. The largest absolute Gasteiger partial charge is 0.454 e. The van der Waals surface area contributed by atoms with E-state index in [0.29, 0.717) is 45.5 Å². The van der Waals surface area contributed by atoms with Crippen molar-refractivity contribution in [2.75, 3.05) is 0 Å². The van der Waals surface area contributed by atoms with Gasteiger partial charge in [0.15, 0.2) is 23.1 Å². The number of fused-ring (bicyclic) bond motifs is 13. The standard InChI is InChI=1S/C64H37N7O/c65-38-41-36-49(64-67-62(39-20-4-1-5-21-39)66-63(68-64)40-22-6-2-7-23-40)56-47-30-14-19-35-55(47)72-61(56)58(41)71-53-34-18-13-29-46(53)57-59-48(45-28-12-15-31-50(45)69(59)42-24-8-3-9-25-42)37-54(60(57)71)70-51-32-16-10-26-43(51)44-27-11-17-33-52(44)70/h1-37H. The lowest BCUT2D eigenvalue weighted by atomic mass is 10.00. The minimum absolute atomic E-state index is 0.402. The first-order valence-electron chi connectivity index (χ1n) is 24.0. The van der Waals surface area contributed by atoms with Crippen molar-refractivity contribution in [3.05, 3.63) is 230 Å². The van der Waals surface area contributed by atoms with E-state index >= 15 is 0 Å². The molecule has 0 saturated carbocycles. The Bertz CT molecular complexity index is 4640. The van der Waals surface area contributed by atoms with Crippen LogP contribution in [-0.4, -0.2) is 28.7 Å². The molecule has 0 N–H and O–H groups in total. The van der Waals surface area contributed by atoms with E-state index in [1.807, 2.05) is 84.9 Å². The fourth-order valence-electron chi connectivity index (χ4n) is 11.3. The molecule has 0 amide bonds. The smallest absolute Gasteiger partial charge is 0.164 e. The van der Waals surface area contributed by atoms with Crippen LogP contribution in [-0.2, 0) is 0 Å². The molecule has 8 heteroatoms. The van der Waals surface area contributed by atoms with Crippen LogP contribution in [0.4, 0.5) is 0 Å². The molecule has 0 spiro atoms. The lowest BCUT2D eigenvalue weighted by Gasteiger charge is -2.18. The van der Waals surface area contributed by atoms with E-state index in [1.165, 1.54) is 0 Å². The molecular formula is C64H37N7O. The second-order valence-electron chi connectivity index (χ2n) is 18.2. The number of rotatable bonds is 6. The Morgan fingerprint density at radius 2 is 0.861 bits per heavy atom. The van der Waals surface area contributed by atoms with E-state index in [2.05, 4.69) is 159 Å². The van der Waals surface area contributed by atoms with Gasteiger partial charge in [0, 0.05) is 65.5 Å². The van der Waals surface area contributed by atoms with Gasteiger partial charge in [0.2, 0.25) is 0 Å². The van der Waals surface area contributed by atoms with Gasteiger partial charge in [-0.05, 0) is 54.6 Å². The number of para-hydroxylation sites is 6. The predicted octanol–water partition coefficient (Wildman–Crippen LogP) is 15.9. The Labute approximate surface area is 411 Å². The van der Waals surface area contributed by atoms with Gasteiger partial charge in [-0.25, -0.2) is 15.0 Å². The second-order valence-corrected chi connectivity index (χ2v) is 18.2. The summed E-state index contributed by atoms with van der Waals surface area (Å²) in [6.45, 7) is 0. The predicted molar refractivity (Wildman–Crippen MR) is 291 cm³/mol. The molecule has 72 heavy (non-hydrogen) atoms. The average molecular weight is 920 g/mol. The number of nitrogens with zero attached hydrogens (tertiary/aromatic N) is 7. The quantitative estimate of drug-likeness (QED) is 0.166. The molecule has 0 aliphatic heterocycles. The first-order chi connectivity index (χ1) is 35.7. The third-order valence-corrected chi connectivity index (χ3v) is 14.3. The van der Waals surface area contributed by atoms with Crippen LogP contribution in [0.1, 0.15) is 5.56 Å². The third kappa shape index (κ3) is 5.70. The summed E-state index contributed by atoms with van der Waals surface area (Å²) in [6.07, 6.45) is 0. The van der Waals surface area contributed by atoms with E-state index in [9.17, 15) is 5.26 Å². The minimum Gasteiger partial charge on any atom is -0.454 e. The van der Waals surface area contributed by atoms with E-state index < -0.39 is 0 Å². The Morgan fingerprint density at radius 3 is 1.46 bits per heavy atom. The molecule has 5 heterocycles. The molecule has 0 radical (unpaired) electrons. The van der Waals surface area contributed by atoms with Crippen molar-refractivity contribution in [1.29, 1.82) is 5.26 Å². The maximum Gasteiger partial charge on any atom is 0.164 e. The van der Waals surface area contributed by atoms with Crippen LogP contribution >= 0.6 is 0 Å². The van der Waals surface area contributed by atoms with Crippen molar-refractivity contribution < 1.29 is 4.42 Å². The summed E-state index contributed by atoms with van der Waals surface area (Å²) in [5, 5.41) is 20.1. The Kier molecular flexibility index (Phi) is 8.55. The van der Waals surface area contributed by atoms with Crippen LogP contribution in [0.5, 0.6) is 0 Å². The average Bonchev–Trinajstić information content (AvgIpc) is 4.20. The monoisotopic (exact) mass is 919 g/mol. The number of hydrogen-bond acceptors (Lipinski definition) is 5. The van der Waals surface area contributed by atoms with E-state index in [-0.39, 0.29) is 0 Å². The van der Waals surface area contributed by atoms with Crippen LogP contribution in [0.2, 0.25) is 0 Å². The fourth-order valence-corrected chi connectivity index (χ4v) is 11.3. The van der Waals surface area contributed by atoms with Gasteiger partial charge in [-0.15, -0.1) is 0 Å². The minimum atomic E-state index is 0.402. The van der Waals surface area contributed by atoms with Crippen molar-refractivity contribution in [2.24, 2.45) is 0 Å². The highest BCUT2D eigenvalue weighted by molar-refractivity contribution is 6.29. The molecule has 15 rings (SSSR count). The number of furan rings is 1. The highest BCUT2D eigenvalue weighted by atomic mass is 16.3. The van der Waals surface area contributed by atoms with Gasteiger partial charge in [-0.2, -0.15) is 5.26 Å². The second kappa shape index (κ2) is 15.5. The number of nitriles is 1. The zero-order chi connectivity index (χ0) is 47.4. The molecule has 0 saturated heterocycles. The summed E-state index contributed by atoms with van der Waals surface area (Å²) >= 11 is 0. The van der Waals surface area contributed by atoms with Crippen LogP contribution in [0.15, 0.2) is 229 Å². The summed E-state index contributed by atoms with van der Waals surface area (Å²) in [5.74, 6) is 1.49. The highest BCUT2D eigenvalue weighted by Crippen LogP contribution is 2.49. The summed E-state index contributed by atoms with van der Waals surface area (Å²) in [5.41, 5.74) is 12.8. The van der Waals surface area contributed by atoms with Gasteiger partial charge < -0.3 is 18.1 Å². The van der Waals surface area contributed by atoms with Crippen LogP contribution < -0.4 is 0 Å². The Hall–Kier alpha value is -10.1. The first-order valence-corrected chi connectivity index (χ1v) is 24.0. The molecule has 0 fully saturated rings. The Balaban J connectivity index is 1.15. The lowest BCUT2D eigenvalue weighted by Crippen LogP contribution is -2.05. The molecule has 0 atom stereocenters. The summed E-state index contributed by atoms with van der Waals surface area (Å²) in [7, 11) is 0. The van der Waals surface area contributed by atoms with Crippen LogP contribution in [0.3, 0.4) is 0 Å². The summed E-state index contributed by atoms with van der Waals surface area (Å²) < 4.78 is 14.3. The van der Waals surface area contributed by atoms with Gasteiger partial charge in [0.25, 0.3) is 0 Å². The van der Waals surface area contributed by atoms with Crippen LogP contribution in [0, 0.1) is 11.3 Å². The number of aromatic nitrogens is 6. The van der Waals surface area contributed by atoms with Crippen molar-refractivity contribution >= 4 is 87.4 Å². The van der Waals surface area contributed by atoms with Gasteiger partial charge >= 0.3 is 0 Å². The van der Waals surface area contributed by atoms with Gasteiger partial charge in [0.05, 0.1) is 44.4 Å². The zero-order valence-corrected chi connectivity index (χ0v) is 38.4. The van der Waals surface area contributed by atoms with Gasteiger partial charge in [0.1, 0.15) is 17.3 Å². The van der Waals surface area contributed by atoms with Gasteiger partial charge in [-0.1, -0.05) is 170 Å².